The molecule has 0 aromatic carbocycles. The van der Waals surface area contributed by atoms with Crippen molar-refractivity contribution in [2.45, 2.75) is 32.1 Å². The average molecular weight is 187 g/mol. The molecule has 0 aliphatic heterocycles. The molecular formula is C13H17N. The number of aromatic nitrogens is 1. The van der Waals surface area contributed by atoms with Gasteiger partial charge in [0.25, 0.3) is 0 Å². The van der Waals surface area contributed by atoms with Crippen LogP contribution in [0.15, 0.2) is 36.7 Å². The van der Waals surface area contributed by atoms with E-state index in [-0.39, 0.29) is 0 Å². The minimum Gasteiger partial charge on any atom is -0.265 e. The largest absolute Gasteiger partial charge is 0.265 e. The highest BCUT2D eigenvalue weighted by atomic mass is 14.6. The van der Waals surface area contributed by atoms with Crippen LogP contribution in [0.5, 0.6) is 0 Å². The molecule has 0 radical (unpaired) electrons. The lowest BCUT2D eigenvalue weighted by Crippen LogP contribution is -2.03. The number of hydrogen-bond donors (Lipinski definition) is 0. The molecule has 2 rings (SSSR count). The summed E-state index contributed by atoms with van der Waals surface area (Å²) < 4.78 is 0. The lowest BCUT2D eigenvalue weighted by atomic mass is 9.89. The molecule has 0 saturated heterocycles. The first-order valence-corrected chi connectivity index (χ1v) is 5.49. The van der Waals surface area contributed by atoms with Crippen molar-refractivity contribution in [2.24, 2.45) is 5.92 Å². The van der Waals surface area contributed by atoms with Gasteiger partial charge in [0.1, 0.15) is 0 Å². The van der Waals surface area contributed by atoms with Crippen LogP contribution in [0.1, 0.15) is 31.2 Å². The molecule has 1 nitrogen and oxygen atoms in total. The van der Waals surface area contributed by atoms with Crippen molar-refractivity contribution in [1.29, 1.82) is 0 Å². The molecule has 1 aromatic rings. The summed E-state index contributed by atoms with van der Waals surface area (Å²) >= 11 is 0. The van der Waals surface area contributed by atoms with Crippen molar-refractivity contribution in [2.75, 3.05) is 0 Å². The highest BCUT2D eigenvalue weighted by Gasteiger charge is 2.09. The van der Waals surface area contributed by atoms with Gasteiger partial charge in [0.15, 0.2) is 0 Å². The first-order valence-electron chi connectivity index (χ1n) is 5.49. The third-order valence-electron chi connectivity index (χ3n) is 2.97. The van der Waals surface area contributed by atoms with E-state index in [1.807, 2.05) is 12.4 Å². The second-order valence-electron chi connectivity index (χ2n) is 4.04. The molecule has 74 valence electrons. The predicted molar refractivity (Wildman–Crippen MR) is 59.0 cm³/mol. The first-order chi connectivity index (χ1) is 6.95. The Morgan fingerprint density at radius 1 is 1.21 bits per heavy atom. The molecule has 1 heteroatoms. The summed E-state index contributed by atoms with van der Waals surface area (Å²) in [6.45, 7) is 0. The number of rotatable bonds is 3. The zero-order valence-electron chi connectivity index (χ0n) is 8.52. The predicted octanol–water partition coefficient (Wildman–Crippen LogP) is 3.37. The van der Waals surface area contributed by atoms with E-state index in [1.54, 1.807) is 0 Å². The number of nitrogens with zero attached hydrogens (tertiary/aromatic N) is 1. The molecule has 0 spiro atoms. The minimum absolute atomic E-state index is 0.910. The van der Waals surface area contributed by atoms with Crippen LogP contribution in [0.25, 0.3) is 0 Å². The second-order valence-corrected chi connectivity index (χ2v) is 4.04. The smallest absolute Gasteiger partial charge is 0.0270 e. The van der Waals surface area contributed by atoms with E-state index in [0.717, 1.165) is 5.92 Å². The van der Waals surface area contributed by atoms with E-state index in [9.17, 15) is 0 Å². The Bertz CT molecular complexity index is 289. The SMILES string of the molecule is C1=CCC(CCc2ccncc2)CC1. The van der Waals surface area contributed by atoms with E-state index < -0.39 is 0 Å². The average Bonchev–Trinajstić information content (AvgIpc) is 2.29. The van der Waals surface area contributed by atoms with Crippen molar-refractivity contribution in [3.63, 3.8) is 0 Å². The van der Waals surface area contributed by atoms with Crippen molar-refractivity contribution in [3.05, 3.63) is 42.2 Å². The number of allylic oxidation sites excluding steroid dienone is 2. The van der Waals surface area contributed by atoms with Crippen LogP contribution in [-0.2, 0) is 6.42 Å². The van der Waals surface area contributed by atoms with E-state index in [4.69, 9.17) is 0 Å². The summed E-state index contributed by atoms with van der Waals surface area (Å²) in [5.74, 6) is 0.910. The highest BCUT2D eigenvalue weighted by molar-refractivity contribution is 5.09. The Morgan fingerprint density at radius 2 is 2.07 bits per heavy atom. The second kappa shape index (κ2) is 4.94. The molecule has 0 fully saturated rings. The van der Waals surface area contributed by atoms with Gasteiger partial charge in [-0.2, -0.15) is 0 Å². The Balaban J connectivity index is 1.80. The van der Waals surface area contributed by atoms with Gasteiger partial charge in [0.05, 0.1) is 0 Å². The summed E-state index contributed by atoms with van der Waals surface area (Å²) in [6.07, 6.45) is 14.9. The summed E-state index contributed by atoms with van der Waals surface area (Å²) in [6, 6.07) is 4.25. The van der Waals surface area contributed by atoms with Crippen LogP contribution < -0.4 is 0 Å². The molecule has 1 atom stereocenters. The van der Waals surface area contributed by atoms with Gasteiger partial charge in [-0.1, -0.05) is 12.2 Å². The third kappa shape index (κ3) is 2.69. The maximum Gasteiger partial charge on any atom is 0.0270 e. The Morgan fingerprint density at radius 3 is 2.79 bits per heavy atom. The molecule has 1 heterocycles. The maximum atomic E-state index is 4.03. The Kier molecular flexibility index (Phi) is 3.33. The Hall–Kier alpha value is -1.11. The van der Waals surface area contributed by atoms with Gasteiger partial charge in [-0.05, 0) is 55.7 Å². The molecule has 14 heavy (non-hydrogen) atoms. The summed E-state index contributed by atoms with van der Waals surface area (Å²) in [7, 11) is 0. The van der Waals surface area contributed by atoms with Crippen molar-refractivity contribution >= 4 is 0 Å². The molecule has 0 saturated carbocycles. The highest BCUT2D eigenvalue weighted by Crippen LogP contribution is 2.22. The molecule has 0 amide bonds. The fraction of sp³-hybridized carbons (Fsp3) is 0.462. The van der Waals surface area contributed by atoms with Crippen LogP contribution in [-0.4, -0.2) is 4.98 Å². The topological polar surface area (TPSA) is 12.9 Å². The van der Waals surface area contributed by atoms with Gasteiger partial charge in [0, 0.05) is 12.4 Å². The van der Waals surface area contributed by atoms with Crippen molar-refractivity contribution in [1.82, 2.24) is 4.98 Å². The standard InChI is InChI=1S/C13H17N/c1-2-4-12(5-3-1)6-7-13-8-10-14-11-9-13/h1-2,8-12H,3-7H2. The molecular weight excluding hydrogens is 170 g/mol. The van der Waals surface area contributed by atoms with Crippen molar-refractivity contribution < 1.29 is 0 Å². The zero-order valence-corrected chi connectivity index (χ0v) is 8.52. The molecule has 0 bridgehead atoms. The van der Waals surface area contributed by atoms with Gasteiger partial charge in [0.2, 0.25) is 0 Å². The van der Waals surface area contributed by atoms with E-state index in [2.05, 4.69) is 29.3 Å². The molecule has 1 unspecified atom stereocenters. The normalized spacial score (nSPS) is 21.0. The van der Waals surface area contributed by atoms with Crippen molar-refractivity contribution in [3.8, 4) is 0 Å². The fourth-order valence-corrected chi connectivity index (χ4v) is 2.04. The van der Waals surface area contributed by atoms with Gasteiger partial charge < -0.3 is 0 Å². The van der Waals surface area contributed by atoms with Gasteiger partial charge in [-0.3, -0.25) is 4.98 Å². The molecule has 1 aliphatic carbocycles. The van der Waals surface area contributed by atoms with E-state index in [0.29, 0.717) is 0 Å². The lowest BCUT2D eigenvalue weighted by molar-refractivity contribution is 0.446. The van der Waals surface area contributed by atoms with E-state index >= 15 is 0 Å². The molecule has 0 N–H and O–H groups in total. The van der Waals surface area contributed by atoms with Crippen LogP contribution in [0.2, 0.25) is 0 Å². The van der Waals surface area contributed by atoms with Gasteiger partial charge in [-0.25, -0.2) is 0 Å². The van der Waals surface area contributed by atoms with Crippen LogP contribution in [0.4, 0.5) is 0 Å². The quantitative estimate of drug-likeness (QED) is 0.661. The first kappa shape index (κ1) is 9.45. The molecule has 1 aliphatic rings. The van der Waals surface area contributed by atoms with Gasteiger partial charge in [-0.15, -0.1) is 0 Å². The van der Waals surface area contributed by atoms with E-state index in [1.165, 1.54) is 37.7 Å². The minimum atomic E-state index is 0.910. The Labute approximate surface area is 85.9 Å². The molecule has 1 aromatic heterocycles. The summed E-state index contributed by atoms with van der Waals surface area (Å²) in [4.78, 5) is 4.03. The zero-order chi connectivity index (χ0) is 9.64. The fourth-order valence-electron chi connectivity index (χ4n) is 2.04. The monoisotopic (exact) mass is 187 g/mol. The van der Waals surface area contributed by atoms with Crippen LogP contribution >= 0.6 is 0 Å². The summed E-state index contributed by atoms with van der Waals surface area (Å²) in [5, 5.41) is 0. The summed E-state index contributed by atoms with van der Waals surface area (Å²) in [5.41, 5.74) is 1.43. The number of pyridine rings is 1. The number of aryl methyl sites for hydroxylation is 1. The van der Waals surface area contributed by atoms with Crippen LogP contribution in [0.3, 0.4) is 0 Å². The lowest BCUT2D eigenvalue weighted by Gasteiger charge is -2.17. The maximum absolute atomic E-state index is 4.03. The van der Waals surface area contributed by atoms with Crippen LogP contribution in [0, 0.1) is 5.92 Å². The third-order valence-corrected chi connectivity index (χ3v) is 2.97. The van der Waals surface area contributed by atoms with Gasteiger partial charge >= 0.3 is 0 Å². The number of hydrogen-bond acceptors (Lipinski definition) is 1.